The molecule has 0 spiro atoms. The summed E-state index contributed by atoms with van der Waals surface area (Å²) in [4.78, 5) is 16.3. The van der Waals surface area contributed by atoms with Crippen molar-refractivity contribution in [2.75, 3.05) is 39.3 Å². The van der Waals surface area contributed by atoms with Gasteiger partial charge in [-0.25, -0.2) is 0 Å². The third-order valence-corrected chi connectivity index (χ3v) is 4.46. The molecule has 0 atom stereocenters. The molecule has 2 aromatic rings. The quantitative estimate of drug-likeness (QED) is 0.824. The van der Waals surface area contributed by atoms with Crippen molar-refractivity contribution in [3.63, 3.8) is 0 Å². The monoisotopic (exact) mass is 352 g/mol. The Morgan fingerprint density at radius 2 is 1.96 bits per heavy atom. The number of piperazine rings is 1. The number of benzene rings is 1. The van der Waals surface area contributed by atoms with Crippen LogP contribution < -0.4 is 4.74 Å². The summed E-state index contributed by atoms with van der Waals surface area (Å²) < 4.78 is 13.6. The number of ether oxygens (including phenoxy) is 1. The predicted molar refractivity (Wildman–Crippen MR) is 89.2 cm³/mol. The van der Waals surface area contributed by atoms with Crippen molar-refractivity contribution < 1.29 is 9.53 Å². The topological polar surface area (TPSA) is 58.6 Å². The number of halogens is 1. The van der Waals surface area contributed by atoms with E-state index in [0.717, 1.165) is 37.1 Å². The Kier molecular flexibility index (Phi) is 5.43. The van der Waals surface area contributed by atoms with Gasteiger partial charge in [0.1, 0.15) is 12.4 Å². The Morgan fingerprint density at radius 1 is 1.22 bits per heavy atom. The lowest BCUT2D eigenvalue weighted by Crippen LogP contribution is -2.49. The first-order valence-corrected chi connectivity index (χ1v) is 8.51. The SMILES string of the molecule is O=C(c1cnsn1)N1CCN(CCOc2ccc(Cl)cc2)CC1. The van der Waals surface area contributed by atoms with Crippen LogP contribution >= 0.6 is 23.3 Å². The second-order valence-electron chi connectivity index (χ2n) is 5.23. The van der Waals surface area contributed by atoms with Crippen molar-refractivity contribution in [1.29, 1.82) is 0 Å². The molecule has 1 aromatic heterocycles. The zero-order valence-electron chi connectivity index (χ0n) is 12.5. The van der Waals surface area contributed by atoms with E-state index >= 15 is 0 Å². The molecule has 122 valence electrons. The third kappa shape index (κ3) is 4.40. The lowest BCUT2D eigenvalue weighted by atomic mass is 10.3. The Labute approximate surface area is 143 Å². The van der Waals surface area contributed by atoms with E-state index in [1.165, 1.54) is 6.20 Å². The van der Waals surface area contributed by atoms with Crippen LogP contribution in [-0.2, 0) is 0 Å². The van der Waals surface area contributed by atoms with Crippen molar-refractivity contribution in [2.45, 2.75) is 0 Å². The minimum absolute atomic E-state index is 0.0317. The number of amides is 1. The van der Waals surface area contributed by atoms with Gasteiger partial charge < -0.3 is 9.64 Å². The van der Waals surface area contributed by atoms with E-state index in [9.17, 15) is 4.79 Å². The van der Waals surface area contributed by atoms with Gasteiger partial charge in [-0.15, -0.1) is 0 Å². The van der Waals surface area contributed by atoms with Gasteiger partial charge in [0, 0.05) is 37.7 Å². The molecular formula is C15H17ClN4O2S. The van der Waals surface area contributed by atoms with Gasteiger partial charge in [0.15, 0.2) is 5.69 Å². The minimum atomic E-state index is -0.0317. The number of carbonyl (C=O) groups is 1. The molecule has 1 amide bonds. The molecule has 0 N–H and O–H groups in total. The van der Waals surface area contributed by atoms with Gasteiger partial charge in [-0.2, -0.15) is 8.75 Å². The van der Waals surface area contributed by atoms with Gasteiger partial charge in [-0.05, 0) is 24.3 Å². The lowest BCUT2D eigenvalue weighted by Gasteiger charge is -2.34. The molecule has 0 aliphatic carbocycles. The Hall–Kier alpha value is -1.70. The van der Waals surface area contributed by atoms with Crippen molar-refractivity contribution in [3.05, 3.63) is 41.2 Å². The van der Waals surface area contributed by atoms with Crippen molar-refractivity contribution in [1.82, 2.24) is 18.5 Å². The fourth-order valence-electron chi connectivity index (χ4n) is 2.42. The van der Waals surface area contributed by atoms with E-state index in [0.29, 0.717) is 30.4 Å². The van der Waals surface area contributed by atoms with Crippen LogP contribution in [0.3, 0.4) is 0 Å². The van der Waals surface area contributed by atoms with E-state index in [-0.39, 0.29) is 5.91 Å². The minimum Gasteiger partial charge on any atom is -0.492 e. The maximum Gasteiger partial charge on any atom is 0.275 e. The summed E-state index contributed by atoms with van der Waals surface area (Å²) in [6, 6.07) is 7.35. The van der Waals surface area contributed by atoms with E-state index in [1.807, 2.05) is 29.2 Å². The molecule has 6 nitrogen and oxygen atoms in total. The molecule has 1 saturated heterocycles. The van der Waals surface area contributed by atoms with Crippen molar-refractivity contribution >= 4 is 29.2 Å². The Bertz CT molecular complexity index is 627. The number of carbonyl (C=O) groups excluding carboxylic acids is 1. The van der Waals surface area contributed by atoms with Crippen LogP contribution in [0.1, 0.15) is 10.5 Å². The van der Waals surface area contributed by atoms with Gasteiger partial charge in [-0.3, -0.25) is 9.69 Å². The van der Waals surface area contributed by atoms with Crippen molar-refractivity contribution in [3.8, 4) is 5.75 Å². The van der Waals surface area contributed by atoms with Crippen molar-refractivity contribution in [2.24, 2.45) is 0 Å². The van der Waals surface area contributed by atoms with Gasteiger partial charge in [0.2, 0.25) is 0 Å². The van der Waals surface area contributed by atoms with Gasteiger partial charge >= 0.3 is 0 Å². The Morgan fingerprint density at radius 3 is 2.61 bits per heavy atom. The van der Waals surface area contributed by atoms with Crippen LogP contribution in [0.5, 0.6) is 5.75 Å². The van der Waals surface area contributed by atoms with Crippen LogP contribution in [0.2, 0.25) is 5.02 Å². The maximum absolute atomic E-state index is 12.2. The largest absolute Gasteiger partial charge is 0.492 e. The van der Waals surface area contributed by atoms with Gasteiger partial charge in [0.25, 0.3) is 5.91 Å². The molecule has 1 aromatic carbocycles. The molecule has 1 fully saturated rings. The molecule has 2 heterocycles. The predicted octanol–water partition coefficient (Wildman–Crippen LogP) is 2.03. The molecule has 0 saturated carbocycles. The average molecular weight is 353 g/mol. The lowest BCUT2D eigenvalue weighted by molar-refractivity contribution is 0.0615. The zero-order valence-corrected chi connectivity index (χ0v) is 14.1. The van der Waals surface area contributed by atoms with E-state index < -0.39 is 0 Å². The standard InChI is InChI=1S/C15H17ClN4O2S/c16-12-1-3-13(4-2-12)22-10-9-19-5-7-20(8-6-19)15(21)14-11-17-23-18-14/h1-4,11H,5-10H2. The zero-order chi connectivity index (χ0) is 16.1. The van der Waals surface area contributed by atoms with Crippen LogP contribution in [0.4, 0.5) is 0 Å². The number of nitrogens with zero attached hydrogens (tertiary/aromatic N) is 4. The second kappa shape index (κ2) is 7.72. The van der Waals surface area contributed by atoms with Gasteiger partial charge in [-0.1, -0.05) is 11.6 Å². The molecule has 1 aliphatic heterocycles. The summed E-state index contributed by atoms with van der Waals surface area (Å²) in [5.41, 5.74) is 0.439. The smallest absolute Gasteiger partial charge is 0.275 e. The fraction of sp³-hybridized carbons (Fsp3) is 0.400. The maximum atomic E-state index is 12.2. The highest BCUT2D eigenvalue weighted by Gasteiger charge is 2.23. The van der Waals surface area contributed by atoms with Crippen LogP contribution in [0.15, 0.2) is 30.5 Å². The first-order chi connectivity index (χ1) is 11.2. The molecule has 0 bridgehead atoms. The molecule has 0 radical (unpaired) electrons. The number of aromatic nitrogens is 2. The highest BCUT2D eigenvalue weighted by Crippen LogP contribution is 2.15. The van der Waals surface area contributed by atoms with Crippen LogP contribution in [0.25, 0.3) is 0 Å². The first-order valence-electron chi connectivity index (χ1n) is 7.40. The Balaban J connectivity index is 1.39. The summed E-state index contributed by atoms with van der Waals surface area (Å²) in [5, 5.41) is 0.702. The van der Waals surface area contributed by atoms with Crippen LogP contribution in [-0.4, -0.2) is 63.8 Å². The molecule has 0 unspecified atom stereocenters. The van der Waals surface area contributed by atoms with Crippen LogP contribution in [0, 0.1) is 0 Å². The second-order valence-corrected chi connectivity index (χ2v) is 6.22. The highest BCUT2D eigenvalue weighted by molar-refractivity contribution is 6.99. The average Bonchev–Trinajstić information content (AvgIpc) is 3.11. The van der Waals surface area contributed by atoms with E-state index in [4.69, 9.17) is 16.3 Å². The molecule has 8 heteroatoms. The summed E-state index contributed by atoms with van der Waals surface area (Å²) >= 11 is 6.90. The number of hydrogen-bond donors (Lipinski definition) is 0. The summed E-state index contributed by atoms with van der Waals surface area (Å²) in [6.45, 7) is 4.55. The van der Waals surface area contributed by atoms with E-state index in [2.05, 4.69) is 13.6 Å². The van der Waals surface area contributed by atoms with E-state index in [1.54, 1.807) is 0 Å². The highest BCUT2D eigenvalue weighted by atomic mass is 35.5. The number of rotatable bonds is 5. The number of hydrogen-bond acceptors (Lipinski definition) is 6. The summed E-state index contributed by atoms with van der Waals surface area (Å²) in [7, 11) is 0. The van der Waals surface area contributed by atoms with Gasteiger partial charge in [0.05, 0.1) is 17.9 Å². The molecule has 23 heavy (non-hydrogen) atoms. The third-order valence-electron chi connectivity index (χ3n) is 3.73. The fourth-order valence-corrected chi connectivity index (χ4v) is 2.95. The first kappa shape index (κ1) is 16.2. The summed E-state index contributed by atoms with van der Waals surface area (Å²) in [5.74, 6) is 0.787. The molecule has 3 rings (SSSR count). The summed E-state index contributed by atoms with van der Waals surface area (Å²) in [6.07, 6.45) is 1.53. The normalized spacial score (nSPS) is 15.6. The molecular weight excluding hydrogens is 336 g/mol. The molecule has 1 aliphatic rings.